The van der Waals surface area contributed by atoms with Crippen molar-refractivity contribution in [3.8, 4) is 0 Å². The third-order valence-corrected chi connectivity index (χ3v) is 4.22. The first-order chi connectivity index (χ1) is 5.86. The lowest BCUT2D eigenvalue weighted by Crippen LogP contribution is -1.88. The van der Waals surface area contributed by atoms with Gasteiger partial charge in [-0.1, -0.05) is 41.1 Å². The van der Waals surface area contributed by atoms with Crippen molar-refractivity contribution in [3.05, 3.63) is 47.0 Å². The molecule has 0 bridgehead atoms. The van der Waals surface area contributed by atoms with Gasteiger partial charge in [-0.2, -0.15) is 0 Å². The molecule has 1 atom stereocenters. The second-order valence-electron chi connectivity index (χ2n) is 2.58. The van der Waals surface area contributed by atoms with Crippen molar-refractivity contribution in [3.63, 3.8) is 0 Å². The van der Waals surface area contributed by atoms with E-state index in [0.717, 1.165) is 5.03 Å². The van der Waals surface area contributed by atoms with E-state index in [-0.39, 0.29) is 0 Å². The standard InChI is InChI=1S/C9H9NS2/c10-9-6-8(11-12-9)7-4-2-1-3-5-7/h1-6,8H,10H2. The summed E-state index contributed by atoms with van der Waals surface area (Å²) in [6, 6.07) is 10.4. The Kier molecular flexibility index (Phi) is 2.33. The van der Waals surface area contributed by atoms with Crippen LogP contribution in [0.3, 0.4) is 0 Å². The van der Waals surface area contributed by atoms with E-state index in [1.54, 1.807) is 21.6 Å². The minimum Gasteiger partial charge on any atom is -0.393 e. The third kappa shape index (κ3) is 1.62. The Morgan fingerprint density at radius 2 is 1.92 bits per heavy atom. The van der Waals surface area contributed by atoms with Crippen LogP contribution >= 0.6 is 21.6 Å². The second-order valence-corrected chi connectivity index (χ2v) is 5.00. The van der Waals surface area contributed by atoms with Gasteiger partial charge in [0, 0.05) is 0 Å². The summed E-state index contributed by atoms with van der Waals surface area (Å²) < 4.78 is 0. The monoisotopic (exact) mass is 195 g/mol. The zero-order valence-electron chi connectivity index (χ0n) is 6.44. The largest absolute Gasteiger partial charge is 0.393 e. The summed E-state index contributed by atoms with van der Waals surface area (Å²) in [5, 5.41) is 1.37. The van der Waals surface area contributed by atoms with E-state index >= 15 is 0 Å². The van der Waals surface area contributed by atoms with Gasteiger partial charge in [0.25, 0.3) is 0 Å². The van der Waals surface area contributed by atoms with Gasteiger partial charge < -0.3 is 5.73 Å². The van der Waals surface area contributed by atoms with Crippen LogP contribution in [0.1, 0.15) is 10.8 Å². The molecule has 62 valence electrons. The van der Waals surface area contributed by atoms with E-state index in [4.69, 9.17) is 5.73 Å². The first-order valence-electron chi connectivity index (χ1n) is 3.72. The highest BCUT2D eigenvalue weighted by Crippen LogP contribution is 2.48. The molecule has 1 unspecified atom stereocenters. The van der Waals surface area contributed by atoms with Crippen molar-refractivity contribution < 1.29 is 0 Å². The van der Waals surface area contributed by atoms with E-state index in [0.29, 0.717) is 5.25 Å². The molecular weight excluding hydrogens is 186 g/mol. The van der Waals surface area contributed by atoms with Crippen LogP contribution in [0.5, 0.6) is 0 Å². The van der Waals surface area contributed by atoms with Gasteiger partial charge in [0.15, 0.2) is 0 Å². The lowest BCUT2D eigenvalue weighted by molar-refractivity contribution is 1.23. The molecule has 1 heterocycles. The number of nitrogens with two attached hydrogens (primary N) is 1. The molecule has 0 spiro atoms. The highest BCUT2D eigenvalue weighted by atomic mass is 33.1. The molecule has 0 saturated heterocycles. The number of hydrogen-bond acceptors (Lipinski definition) is 3. The molecule has 3 heteroatoms. The van der Waals surface area contributed by atoms with Gasteiger partial charge in [0.1, 0.15) is 0 Å². The van der Waals surface area contributed by atoms with Gasteiger partial charge in [-0.15, -0.1) is 0 Å². The summed E-state index contributed by atoms with van der Waals surface area (Å²) in [4.78, 5) is 0. The van der Waals surface area contributed by atoms with Crippen molar-refractivity contribution in [2.24, 2.45) is 5.73 Å². The predicted molar refractivity (Wildman–Crippen MR) is 56.6 cm³/mol. The lowest BCUT2D eigenvalue weighted by atomic mass is 10.1. The van der Waals surface area contributed by atoms with E-state index in [1.807, 2.05) is 6.07 Å². The minimum absolute atomic E-state index is 0.441. The van der Waals surface area contributed by atoms with Crippen molar-refractivity contribution in [2.75, 3.05) is 0 Å². The zero-order chi connectivity index (χ0) is 8.39. The Balaban J connectivity index is 2.22. The van der Waals surface area contributed by atoms with Gasteiger partial charge in [-0.25, -0.2) is 0 Å². The van der Waals surface area contributed by atoms with E-state index in [2.05, 4.69) is 30.3 Å². The van der Waals surface area contributed by atoms with Gasteiger partial charge in [0.2, 0.25) is 0 Å². The molecule has 1 aliphatic heterocycles. The molecule has 0 aliphatic carbocycles. The highest BCUT2D eigenvalue weighted by molar-refractivity contribution is 8.78. The second kappa shape index (κ2) is 3.46. The summed E-state index contributed by atoms with van der Waals surface area (Å²) in [6.45, 7) is 0. The lowest BCUT2D eigenvalue weighted by Gasteiger charge is -2.03. The quantitative estimate of drug-likeness (QED) is 0.698. The van der Waals surface area contributed by atoms with E-state index < -0.39 is 0 Å². The maximum absolute atomic E-state index is 5.67. The van der Waals surface area contributed by atoms with Crippen LogP contribution < -0.4 is 5.73 Å². The van der Waals surface area contributed by atoms with Crippen LogP contribution in [0.2, 0.25) is 0 Å². The first kappa shape index (κ1) is 8.08. The molecule has 1 aromatic rings. The van der Waals surface area contributed by atoms with Gasteiger partial charge >= 0.3 is 0 Å². The molecule has 2 N–H and O–H groups in total. The summed E-state index contributed by atoms with van der Waals surface area (Å²) in [6.07, 6.45) is 2.10. The maximum atomic E-state index is 5.67. The first-order valence-corrected chi connectivity index (χ1v) is 5.93. The van der Waals surface area contributed by atoms with Gasteiger partial charge in [-0.05, 0) is 22.4 Å². The van der Waals surface area contributed by atoms with Crippen molar-refractivity contribution in [2.45, 2.75) is 5.25 Å². The molecule has 1 aliphatic rings. The Bertz CT molecular complexity index is 295. The Morgan fingerprint density at radius 3 is 2.50 bits per heavy atom. The number of benzene rings is 1. The van der Waals surface area contributed by atoms with E-state index in [1.165, 1.54) is 5.56 Å². The van der Waals surface area contributed by atoms with Crippen LogP contribution in [0.25, 0.3) is 0 Å². The third-order valence-electron chi connectivity index (χ3n) is 1.69. The Hall–Kier alpha value is -0.540. The minimum atomic E-state index is 0.441. The maximum Gasteiger partial charge on any atom is 0.0737 e. The van der Waals surface area contributed by atoms with E-state index in [9.17, 15) is 0 Å². The fourth-order valence-electron chi connectivity index (χ4n) is 1.11. The van der Waals surface area contributed by atoms with Crippen molar-refractivity contribution in [1.29, 1.82) is 0 Å². The fraction of sp³-hybridized carbons (Fsp3) is 0.111. The molecule has 2 rings (SSSR count). The average molecular weight is 195 g/mol. The van der Waals surface area contributed by atoms with Crippen molar-refractivity contribution in [1.82, 2.24) is 0 Å². The molecule has 0 saturated carbocycles. The molecule has 0 amide bonds. The molecule has 0 radical (unpaired) electrons. The normalized spacial score (nSPS) is 22.3. The van der Waals surface area contributed by atoms with Gasteiger partial charge in [-0.3, -0.25) is 0 Å². The highest BCUT2D eigenvalue weighted by Gasteiger charge is 2.16. The number of rotatable bonds is 1. The Labute approximate surface area is 79.8 Å². The van der Waals surface area contributed by atoms with Gasteiger partial charge in [0.05, 0.1) is 10.3 Å². The summed E-state index contributed by atoms with van der Waals surface area (Å²) >= 11 is 0. The summed E-state index contributed by atoms with van der Waals surface area (Å²) in [5.74, 6) is 0. The van der Waals surface area contributed by atoms with Crippen LogP contribution in [-0.2, 0) is 0 Å². The molecule has 0 fully saturated rings. The summed E-state index contributed by atoms with van der Waals surface area (Å²) in [5.41, 5.74) is 6.99. The molecule has 12 heavy (non-hydrogen) atoms. The van der Waals surface area contributed by atoms with Crippen LogP contribution in [0.15, 0.2) is 41.4 Å². The molecule has 0 aromatic heterocycles. The predicted octanol–water partition coefficient (Wildman–Crippen LogP) is 2.92. The van der Waals surface area contributed by atoms with Crippen molar-refractivity contribution >= 4 is 21.6 Å². The van der Waals surface area contributed by atoms with Crippen LogP contribution in [-0.4, -0.2) is 0 Å². The number of hydrogen-bond donors (Lipinski definition) is 1. The average Bonchev–Trinajstić information content (AvgIpc) is 2.54. The molecule has 1 aromatic carbocycles. The zero-order valence-corrected chi connectivity index (χ0v) is 8.07. The smallest absolute Gasteiger partial charge is 0.0737 e. The molecule has 1 nitrogen and oxygen atoms in total. The SMILES string of the molecule is NC1=CC(c2ccccc2)SS1. The molecular formula is C9H9NS2. The fourth-order valence-corrected chi connectivity index (χ4v) is 3.38. The Morgan fingerprint density at radius 1 is 1.17 bits per heavy atom. The topological polar surface area (TPSA) is 26.0 Å². The summed E-state index contributed by atoms with van der Waals surface area (Å²) in [7, 11) is 3.46. The van der Waals surface area contributed by atoms with Crippen LogP contribution in [0.4, 0.5) is 0 Å². The van der Waals surface area contributed by atoms with Crippen LogP contribution in [0, 0.1) is 0 Å².